The first-order valence-electron chi connectivity index (χ1n) is 6.94. The van der Waals surface area contributed by atoms with Gasteiger partial charge < -0.3 is 10.5 Å². The Balaban J connectivity index is 1.75. The van der Waals surface area contributed by atoms with Crippen LogP contribution in [0, 0.1) is 0 Å². The van der Waals surface area contributed by atoms with E-state index in [0.29, 0.717) is 6.04 Å². The molecular weight excluding hydrogens is 230 g/mol. The first-order valence-corrected chi connectivity index (χ1v) is 8.10. The van der Waals surface area contributed by atoms with Crippen LogP contribution in [0.25, 0.3) is 0 Å². The van der Waals surface area contributed by atoms with E-state index in [9.17, 15) is 0 Å². The Labute approximate surface area is 108 Å². The molecule has 2 nitrogen and oxygen atoms in total. The van der Waals surface area contributed by atoms with Crippen molar-refractivity contribution in [2.75, 3.05) is 18.1 Å². The Hall–Kier alpha value is 0.01000. The van der Waals surface area contributed by atoms with Crippen LogP contribution in [-0.2, 0) is 4.74 Å². The second kappa shape index (κ2) is 4.94. The molecule has 3 heteroatoms. The number of hydrogen-bond donors (Lipinski definition) is 1. The van der Waals surface area contributed by atoms with E-state index in [2.05, 4.69) is 11.8 Å². The Kier molecular flexibility index (Phi) is 3.51. The minimum absolute atomic E-state index is 0.207. The van der Waals surface area contributed by atoms with Crippen molar-refractivity contribution < 1.29 is 4.74 Å². The van der Waals surface area contributed by atoms with E-state index < -0.39 is 0 Å². The van der Waals surface area contributed by atoms with E-state index in [1.807, 2.05) is 0 Å². The van der Waals surface area contributed by atoms with Crippen LogP contribution in [0.2, 0.25) is 0 Å². The van der Waals surface area contributed by atoms with Gasteiger partial charge in [-0.25, -0.2) is 0 Å². The highest BCUT2D eigenvalue weighted by Crippen LogP contribution is 2.42. The van der Waals surface area contributed by atoms with Crippen molar-refractivity contribution in [2.45, 2.75) is 56.6 Å². The summed E-state index contributed by atoms with van der Waals surface area (Å²) in [6.07, 6.45) is 8.47. The van der Waals surface area contributed by atoms with Crippen molar-refractivity contribution in [1.29, 1.82) is 0 Å². The molecule has 2 heterocycles. The molecule has 0 amide bonds. The number of ether oxygens (including phenoxy) is 1. The van der Waals surface area contributed by atoms with Crippen molar-refractivity contribution in [3.63, 3.8) is 0 Å². The maximum atomic E-state index is 6.14. The van der Waals surface area contributed by atoms with E-state index in [1.54, 1.807) is 11.1 Å². The van der Waals surface area contributed by atoms with Crippen molar-refractivity contribution >= 4 is 11.8 Å². The predicted octanol–water partition coefficient (Wildman–Crippen LogP) is 2.87. The largest absolute Gasteiger partial charge is 0.374 e. The molecule has 0 bridgehead atoms. The third-order valence-electron chi connectivity index (χ3n) is 4.58. The van der Waals surface area contributed by atoms with Crippen LogP contribution in [0.5, 0.6) is 0 Å². The monoisotopic (exact) mass is 253 g/mol. The second-order valence-electron chi connectivity index (χ2n) is 5.78. The van der Waals surface area contributed by atoms with Gasteiger partial charge in [0, 0.05) is 6.04 Å². The van der Waals surface area contributed by atoms with E-state index in [4.69, 9.17) is 10.5 Å². The Morgan fingerprint density at radius 3 is 2.71 bits per heavy atom. The topological polar surface area (TPSA) is 35.2 Å². The number of thioether (sulfide) groups is 1. The van der Waals surface area contributed by atoms with E-state index in [1.165, 1.54) is 43.6 Å². The highest BCUT2D eigenvalue weighted by molar-refractivity contribution is 7.99. The Morgan fingerprint density at radius 1 is 1.18 bits per heavy atom. The average Bonchev–Trinajstić information content (AvgIpc) is 2.77. The molecule has 1 spiro atoms. The van der Waals surface area contributed by atoms with Crippen molar-refractivity contribution in [3.05, 3.63) is 11.1 Å². The van der Waals surface area contributed by atoms with Gasteiger partial charge in [0.15, 0.2) is 0 Å². The molecule has 2 N–H and O–H groups in total. The fourth-order valence-electron chi connectivity index (χ4n) is 3.49. The lowest BCUT2D eigenvalue weighted by atomic mass is 9.83. The third-order valence-corrected chi connectivity index (χ3v) is 5.56. The van der Waals surface area contributed by atoms with E-state index >= 15 is 0 Å². The van der Waals surface area contributed by atoms with Gasteiger partial charge in [-0.1, -0.05) is 11.1 Å². The third kappa shape index (κ3) is 2.56. The molecule has 3 rings (SSSR count). The number of rotatable bonds is 0. The molecule has 1 atom stereocenters. The fourth-order valence-corrected chi connectivity index (χ4v) is 4.72. The summed E-state index contributed by atoms with van der Waals surface area (Å²) in [5.74, 6) is 2.56. The maximum Gasteiger partial charge on any atom is 0.0735 e. The summed E-state index contributed by atoms with van der Waals surface area (Å²) in [7, 11) is 0. The first kappa shape index (κ1) is 12.1. The normalized spacial score (nSPS) is 37.6. The zero-order valence-electron chi connectivity index (χ0n) is 10.5. The standard InChI is InChI=1S/C14H23NOS/c15-13-2-1-11(9-13)12-3-6-16-14(10-12)4-7-17-8-5-14/h13H,1-10,15H2. The van der Waals surface area contributed by atoms with Gasteiger partial charge >= 0.3 is 0 Å². The zero-order chi connectivity index (χ0) is 11.7. The lowest BCUT2D eigenvalue weighted by molar-refractivity contribution is -0.0668. The van der Waals surface area contributed by atoms with Gasteiger partial charge in [-0.3, -0.25) is 0 Å². The summed E-state index contributed by atoms with van der Waals surface area (Å²) in [6, 6.07) is 0.429. The lowest BCUT2D eigenvalue weighted by Crippen LogP contribution is -2.40. The highest BCUT2D eigenvalue weighted by atomic mass is 32.2. The maximum absolute atomic E-state index is 6.14. The SMILES string of the molecule is NC1CCC(=C2CCOC3(CCSCC3)C2)C1. The first-order chi connectivity index (χ1) is 8.27. The van der Waals surface area contributed by atoms with Crippen LogP contribution in [0.4, 0.5) is 0 Å². The minimum atomic E-state index is 0.207. The van der Waals surface area contributed by atoms with Crippen LogP contribution in [0.15, 0.2) is 11.1 Å². The smallest absolute Gasteiger partial charge is 0.0735 e. The summed E-state index contributed by atoms with van der Waals surface area (Å²) in [5.41, 5.74) is 9.62. The highest BCUT2D eigenvalue weighted by Gasteiger charge is 2.37. The Morgan fingerprint density at radius 2 is 2.00 bits per heavy atom. The van der Waals surface area contributed by atoms with Gasteiger partial charge in [0.1, 0.15) is 0 Å². The molecule has 0 radical (unpaired) electrons. The van der Waals surface area contributed by atoms with Gasteiger partial charge in [0.2, 0.25) is 0 Å². The molecule has 17 heavy (non-hydrogen) atoms. The molecule has 3 fully saturated rings. The molecular formula is C14H23NOS. The van der Waals surface area contributed by atoms with Gasteiger partial charge in [-0.2, -0.15) is 11.8 Å². The summed E-state index contributed by atoms with van der Waals surface area (Å²) in [4.78, 5) is 0. The second-order valence-corrected chi connectivity index (χ2v) is 7.01. The van der Waals surface area contributed by atoms with Crippen LogP contribution in [0.3, 0.4) is 0 Å². The average molecular weight is 253 g/mol. The molecule has 1 unspecified atom stereocenters. The molecule has 96 valence electrons. The molecule has 0 aromatic rings. The zero-order valence-corrected chi connectivity index (χ0v) is 11.4. The van der Waals surface area contributed by atoms with E-state index in [0.717, 1.165) is 19.4 Å². The van der Waals surface area contributed by atoms with Crippen molar-refractivity contribution in [2.24, 2.45) is 5.73 Å². The lowest BCUT2D eigenvalue weighted by Gasteiger charge is -2.41. The molecule has 1 saturated carbocycles. The van der Waals surface area contributed by atoms with Gasteiger partial charge in [-0.15, -0.1) is 0 Å². The number of hydrogen-bond acceptors (Lipinski definition) is 3. The van der Waals surface area contributed by atoms with Gasteiger partial charge in [0.05, 0.1) is 12.2 Å². The summed E-state index contributed by atoms with van der Waals surface area (Å²) in [6.45, 7) is 0.943. The summed E-state index contributed by atoms with van der Waals surface area (Å²) in [5, 5.41) is 0. The van der Waals surface area contributed by atoms with Crippen LogP contribution in [0.1, 0.15) is 44.9 Å². The fraction of sp³-hybridized carbons (Fsp3) is 0.857. The molecule has 1 aliphatic carbocycles. The summed E-state index contributed by atoms with van der Waals surface area (Å²) < 4.78 is 6.14. The minimum Gasteiger partial charge on any atom is -0.374 e. The van der Waals surface area contributed by atoms with Gasteiger partial charge in [-0.05, 0) is 56.5 Å². The summed E-state index contributed by atoms with van der Waals surface area (Å²) >= 11 is 2.08. The number of nitrogens with two attached hydrogens (primary N) is 1. The predicted molar refractivity (Wildman–Crippen MR) is 73.3 cm³/mol. The van der Waals surface area contributed by atoms with Crippen molar-refractivity contribution in [3.8, 4) is 0 Å². The molecule has 0 aromatic carbocycles. The van der Waals surface area contributed by atoms with Crippen molar-refractivity contribution in [1.82, 2.24) is 0 Å². The molecule has 3 aliphatic rings. The van der Waals surface area contributed by atoms with E-state index in [-0.39, 0.29) is 5.60 Å². The van der Waals surface area contributed by atoms with Crippen LogP contribution >= 0.6 is 11.8 Å². The molecule has 2 saturated heterocycles. The Bertz CT molecular complexity index is 315. The van der Waals surface area contributed by atoms with Gasteiger partial charge in [0.25, 0.3) is 0 Å². The molecule has 0 aromatic heterocycles. The quantitative estimate of drug-likeness (QED) is 0.674. The van der Waals surface area contributed by atoms with Crippen LogP contribution < -0.4 is 5.73 Å². The van der Waals surface area contributed by atoms with Crippen LogP contribution in [-0.4, -0.2) is 29.8 Å². The molecule has 2 aliphatic heterocycles.